The highest BCUT2D eigenvalue weighted by Crippen LogP contribution is 2.24. The van der Waals surface area contributed by atoms with Crippen molar-refractivity contribution in [3.8, 4) is 5.75 Å². The second kappa shape index (κ2) is 9.93. The third kappa shape index (κ3) is 6.03. The molecule has 2 N–H and O–H groups in total. The quantitative estimate of drug-likeness (QED) is 0.797. The van der Waals surface area contributed by atoms with Gasteiger partial charge in [0.15, 0.2) is 0 Å². The molecule has 4 nitrogen and oxygen atoms in total. The zero-order valence-electron chi connectivity index (χ0n) is 12.8. The number of amides is 1. The van der Waals surface area contributed by atoms with Crippen molar-refractivity contribution in [2.24, 2.45) is 0 Å². The summed E-state index contributed by atoms with van der Waals surface area (Å²) in [5.74, 6) is 0.744. The Morgan fingerprint density at radius 2 is 2.27 bits per heavy atom. The monoisotopic (exact) mass is 346 g/mol. The van der Waals surface area contributed by atoms with E-state index in [4.69, 9.17) is 16.3 Å². The first-order valence-electron chi connectivity index (χ1n) is 7.60. The van der Waals surface area contributed by atoms with Crippen molar-refractivity contribution in [1.82, 2.24) is 10.6 Å². The van der Waals surface area contributed by atoms with E-state index in [9.17, 15) is 4.79 Å². The van der Waals surface area contributed by atoms with Gasteiger partial charge >= 0.3 is 0 Å². The number of hydrogen-bond acceptors (Lipinski definition) is 3. The van der Waals surface area contributed by atoms with Gasteiger partial charge in [0.05, 0.1) is 11.6 Å². The van der Waals surface area contributed by atoms with Crippen LogP contribution in [-0.2, 0) is 4.79 Å². The maximum absolute atomic E-state index is 11.9. The molecule has 1 aliphatic heterocycles. The fraction of sp³-hybridized carbons (Fsp3) is 0.562. The predicted molar refractivity (Wildman–Crippen MR) is 92.1 cm³/mol. The summed E-state index contributed by atoms with van der Waals surface area (Å²) in [4.78, 5) is 11.9. The zero-order chi connectivity index (χ0) is 15.1. The Bertz CT molecular complexity index is 465. The molecule has 0 aromatic heterocycles. The topological polar surface area (TPSA) is 50.4 Å². The van der Waals surface area contributed by atoms with Crippen LogP contribution in [0.4, 0.5) is 0 Å². The van der Waals surface area contributed by atoms with Crippen LogP contribution in [0.5, 0.6) is 5.75 Å². The highest BCUT2D eigenvalue weighted by atomic mass is 35.5. The van der Waals surface area contributed by atoms with Gasteiger partial charge in [-0.15, -0.1) is 12.4 Å². The molecule has 0 radical (unpaired) electrons. The van der Waals surface area contributed by atoms with Gasteiger partial charge in [-0.05, 0) is 37.9 Å². The second-order valence-electron chi connectivity index (χ2n) is 5.38. The first-order valence-corrected chi connectivity index (χ1v) is 7.98. The number of carbonyl (C=O) groups excluding carboxylic acids is 1. The molecule has 1 aromatic carbocycles. The van der Waals surface area contributed by atoms with Crippen molar-refractivity contribution in [3.63, 3.8) is 0 Å². The Morgan fingerprint density at radius 3 is 2.91 bits per heavy atom. The number of halogens is 2. The number of benzene rings is 1. The van der Waals surface area contributed by atoms with Crippen LogP contribution in [0.1, 0.15) is 32.6 Å². The molecule has 2 unspecified atom stereocenters. The number of ether oxygens (including phenoxy) is 1. The predicted octanol–water partition coefficient (Wildman–Crippen LogP) is 3.18. The van der Waals surface area contributed by atoms with E-state index in [1.807, 2.05) is 25.1 Å². The van der Waals surface area contributed by atoms with Crippen LogP contribution in [0.25, 0.3) is 0 Å². The van der Waals surface area contributed by atoms with Gasteiger partial charge < -0.3 is 15.4 Å². The minimum absolute atomic E-state index is 0. The third-order valence-corrected chi connectivity index (χ3v) is 4.02. The number of carbonyl (C=O) groups is 1. The summed E-state index contributed by atoms with van der Waals surface area (Å²) in [5, 5.41) is 6.87. The Kier molecular flexibility index (Phi) is 8.61. The summed E-state index contributed by atoms with van der Waals surface area (Å²) in [7, 11) is 0. The van der Waals surface area contributed by atoms with Gasteiger partial charge in [0.1, 0.15) is 11.9 Å². The van der Waals surface area contributed by atoms with Gasteiger partial charge in [0, 0.05) is 12.5 Å². The molecule has 1 saturated heterocycles. The summed E-state index contributed by atoms with van der Waals surface area (Å²) in [6.07, 6.45) is 3.53. The molecular formula is C16H24Cl2N2O2. The number of nitrogens with one attached hydrogen (secondary N) is 2. The van der Waals surface area contributed by atoms with Gasteiger partial charge in [-0.3, -0.25) is 4.79 Å². The molecule has 6 heteroatoms. The molecule has 0 aliphatic carbocycles. The first-order chi connectivity index (χ1) is 10.2. The van der Waals surface area contributed by atoms with Crippen molar-refractivity contribution < 1.29 is 9.53 Å². The van der Waals surface area contributed by atoms with Crippen LogP contribution in [0, 0.1) is 0 Å². The summed E-state index contributed by atoms with van der Waals surface area (Å²) in [6.45, 7) is 3.56. The third-order valence-electron chi connectivity index (χ3n) is 3.71. The van der Waals surface area contributed by atoms with E-state index in [1.54, 1.807) is 6.07 Å². The average Bonchev–Trinajstić information content (AvgIpc) is 2.98. The molecule has 1 fully saturated rings. The Morgan fingerprint density at radius 1 is 1.50 bits per heavy atom. The van der Waals surface area contributed by atoms with Crippen LogP contribution in [0.15, 0.2) is 24.3 Å². The number of para-hydroxylation sites is 1. The summed E-state index contributed by atoms with van der Waals surface area (Å²) < 4.78 is 5.85. The van der Waals surface area contributed by atoms with Gasteiger partial charge in [0.2, 0.25) is 5.91 Å². The van der Waals surface area contributed by atoms with Crippen LogP contribution in [0.2, 0.25) is 5.02 Å². The van der Waals surface area contributed by atoms with E-state index in [0.29, 0.717) is 29.8 Å². The molecule has 2 atom stereocenters. The molecule has 0 spiro atoms. The van der Waals surface area contributed by atoms with E-state index in [2.05, 4.69) is 10.6 Å². The molecule has 0 bridgehead atoms. The summed E-state index contributed by atoms with van der Waals surface area (Å²) >= 11 is 6.08. The molecule has 2 rings (SSSR count). The van der Waals surface area contributed by atoms with Crippen molar-refractivity contribution in [2.45, 2.75) is 44.8 Å². The van der Waals surface area contributed by atoms with E-state index < -0.39 is 0 Å². The van der Waals surface area contributed by atoms with Gasteiger partial charge in [-0.25, -0.2) is 0 Å². The lowest BCUT2D eigenvalue weighted by atomic mass is 10.1. The second-order valence-corrected chi connectivity index (χ2v) is 5.79. The van der Waals surface area contributed by atoms with E-state index in [0.717, 1.165) is 25.8 Å². The van der Waals surface area contributed by atoms with Gasteiger partial charge in [-0.2, -0.15) is 0 Å². The average molecular weight is 347 g/mol. The maximum Gasteiger partial charge on any atom is 0.221 e. The Labute approximate surface area is 143 Å². The normalized spacial score (nSPS) is 18.4. The number of rotatable bonds is 7. The van der Waals surface area contributed by atoms with E-state index in [1.165, 1.54) is 0 Å². The van der Waals surface area contributed by atoms with Crippen molar-refractivity contribution in [3.05, 3.63) is 29.3 Å². The standard InChI is InChI=1S/C16H23ClN2O2.ClH/c1-2-13(21-15-8-4-3-7-14(15)17)11-19-16(20)10-12-6-5-9-18-12;/h3-4,7-8,12-13,18H,2,5-6,9-11H2,1H3,(H,19,20);1H. The van der Waals surface area contributed by atoms with Crippen molar-refractivity contribution in [1.29, 1.82) is 0 Å². The lowest BCUT2D eigenvalue weighted by molar-refractivity contribution is -0.121. The fourth-order valence-electron chi connectivity index (χ4n) is 2.44. The van der Waals surface area contributed by atoms with Crippen LogP contribution < -0.4 is 15.4 Å². The number of hydrogen-bond donors (Lipinski definition) is 2. The minimum Gasteiger partial charge on any atom is -0.487 e. The van der Waals surface area contributed by atoms with Crippen LogP contribution >= 0.6 is 24.0 Å². The van der Waals surface area contributed by atoms with Crippen molar-refractivity contribution >= 4 is 29.9 Å². The first kappa shape index (κ1) is 19.1. The highest BCUT2D eigenvalue weighted by molar-refractivity contribution is 6.32. The summed E-state index contributed by atoms with van der Waals surface area (Å²) in [5.41, 5.74) is 0. The minimum atomic E-state index is -0.0645. The van der Waals surface area contributed by atoms with E-state index >= 15 is 0 Å². The molecule has 1 aliphatic rings. The SMILES string of the molecule is CCC(CNC(=O)CC1CCCN1)Oc1ccccc1Cl.Cl. The lowest BCUT2D eigenvalue weighted by Gasteiger charge is -2.19. The molecule has 0 saturated carbocycles. The maximum atomic E-state index is 11.9. The van der Waals surface area contributed by atoms with Gasteiger partial charge in [0.25, 0.3) is 0 Å². The smallest absolute Gasteiger partial charge is 0.221 e. The molecule has 1 amide bonds. The van der Waals surface area contributed by atoms with Gasteiger partial charge in [-0.1, -0.05) is 30.7 Å². The fourth-order valence-corrected chi connectivity index (χ4v) is 2.62. The Balaban J connectivity index is 0.00000242. The largest absolute Gasteiger partial charge is 0.487 e. The van der Waals surface area contributed by atoms with Crippen LogP contribution in [-0.4, -0.2) is 31.1 Å². The lowest BCUT2D eigenvalue weighted by Crippen LogP contribution is -2.37. The van der Waals surface area contributed by atoms with Crippen LogP contribution in [0.3, 0.4) is 0 Å². The molecule has 1 heterocycles. The van der Waals surface area contributed by atoms with Crippen molar-refractivity contribution in [2.75, 3.05) is 13.1 Å². The highest BCUT2D eigenvalue weighted by Gasteiger charge is 2.18. The zero-order valence-corrected chi connectivity index (χ0v) is 14.4. The molecule has 124 valence electrons. The molecule has 22 heavy (non-hydrogen) atoms. The Hall–Kier alpha value is -0.970. The molecule has 1 aromatic rings. The van der Waals surface area contributed by atoms with E-state index in [-0.39, 0.29) is 24.4 Å². The summed E-state index contributed by atoms with van der Waals surface area (Å²) in [6, 6.07) is 7.73. The molecular weight excluding hydrogens is 323 g/mol.